The molecule has 0 aromatic carbocycles. The van der Waals surface area contributed by atoms with Gasteiger partial charge in [-0.3, -0.25) is 4.79 Å². The van der Waals surface area contributed by atoms with E-state index in [1.807, 2.05) is 0 Å². The highest BCUT2D eigenvalue weighted by Crippen LogP contribution is 2.16. The largest absolute Gasteiger partial charge is 0.492 e. The number of carbonyl (C=O) groups excluding carboxylic acids is 1. The molecule has 4 nitrogen and oxygen atoms in total. The van der Waals surface area contributed by atoms with Crippen LogP contribution in [0.4, 0.5) is 12.9 Å². The van der Waals surface area contributed by atoms with Crippen LogP contribution in [0.5, 0.6) is 0 Å². The Morgan fingerprint density at radius 1 is 1.42 bits per heavy atom. The lowest BCUT2D eigenvalue weighted by Gasteiger charge is -2.23. The Kier molecular flexibility index (Phi) is 5.26. The standard InChI is InChI=1S/C11H21BF3N2O2/c1-11(2,3)19-10(18)6-16-9-4-5-17(7-9)8-12(13,14)15/h9,16H,4-8H2,1-3H3/q-1/t9-/m1/s1. The third-order valence-electron chi connectivity index (χ3n) is 2.69. The van der Waals surface area contributed by atoms with E-state index in [1.165, 1.54) is 4.90 Å². The molecule has 1 atom stereocenters. The summed E-state index contributed by atoms with van der Waals surface area (Å²) in [7, 11) is 0. The van der Waals surface area contributed by atoms with E-state index in [1.54, 1.807) is 20.8 Å². The fraction of sp³-hybridized carbons (Fsp3) is 0.909. The van der Waals surface area contributed by atoms with Gasteiger partial charge in [-0.15, -0.1) is 0 Å². The number of carbonyl (C=O) groups is 1. The molecule has 8 heteroatoms. The maximum Gasteiger partial charge on any atom is 0.492 e. The van der Waals surface area contributed by atoms with Gasteiger partial charge in [-0.2, -0.15) is 0 Å². The fourth-order valence-corrected chi connectivity index (χ4v) is 2.06. The Bertz CT molecular complexity index is 318. The summed E-state index contributed by atoms with van der Waals surface area (Å²) in [5.41, 5.74) is -0.542. The number of halogens is 3. The molecule has 0 saturated carbocycles. The molecule has 0 bridgehead atoms. The molecule has 0 aliphatic carbocycles. The van der Waals surface area contributed by atoms with E-state index in [2.05, 4.69) is 5.32 Å². The zero-order chi connectivity index (χ0) is 14.7. The molecule has 0 amide bonds. The fourth-order valence-electron chi connectivity index (χ4n) is 2.06. The second kappa shape index (κ2) is 6.13. The second-order valence-electron chi connectivity index (χ2n) is 5.92. The van der Waals surface area contributed by atoms with Crippen LogP contribution in [-0.4, -0.2) is 55.6 Å². The molecule has 1 aliphatic heterocycles. The number of ether oxygens (including phenoxy) is 1. The van der Waals surface area contributed by atoms with Crippen molar-refractivity contribution in [2.75, 3.05) is 26.1 Å². The predicted molar refractivity (Wildman–Crippen MR) is 67.8 cm³/mol. The third-order valence-corrected chi connectivity index (χ3v) is 2.69. The van der Waals surface area contributed by atoms with Gasteiger partial charge in [0, 0.05) is 12.6 Å². The molecule has 19 heavy (non-hydrogen) atoms. The molecule has 1 saturated heterocycles. The van der Waals surface area contributed by atoms with Gasteiger partial charge >= 0.3 is 12.9 Å². The van der Waals surface area contributed by atoms with Crippen LogP contribution in [0.2, 0.25) is 0 Å². The summed E-state index contributed by atoms with van der Waals surface area (Å²) < 4.78 is 41.9. The van der Waals surface area contributed by atoms with Gasteiger partial charge in [-0.25, -0.2) is 0 Å². The summed E-state index contributed by atoms with van der Waals surface area (Å²) in [6.45, 7) is 1.31. The number of nitrogens with one attached hydrogen (secondary N) is 1. The first-order chi connectivity index (χ1) is 8.55. The van der Waals surface area contributed by atoms with E-state index in [-0.39, 0.29) is 18.6 Å². The summed E-state index contributed by atoms with van der Waals surface area (Å²) >= 11 is 0. The van der Waals surface area contributed by atoms with Crippen LogP contribution in [0.3, 0.4) is 0 Å². The summed E-state index contributed by atoms with van der Waals surface area (Å²) in [6.07, 6.45) is -0.209. The summed E-state index contributed by atoms with van der Waals surface area (Å²) in [5.74, 6) is -0.383. The zero-order valence-corrected chi connectivity index (χ0v) is 11.6. The molecule has 0 aromatic heterocycles. The molecule has 0 spiro atoms. The van der Waals surface area contributed by atoms with Crippen molar-refractivity contribution < 1.29 is 22.5 Å². The highest BCUT2D eigenvalue weighted by Gasteiger charge is 2.31. The van der Waals surface area contributed by atoms with Gasteiger partial charge in [-0.1, -0.05) is 0 Å². The molecule has 1 aliphatic rings. The summed E-state index contributed by atoms with van der Waals surface area (Å²) in [5, 5.41) is 2.94. The lowest BCUT2D eigenvalue weighted by atomic mass is 9.91. The summed E-state index contributed by atoms with van der Waals surface area (Å²) in [6, 6.07) is -0.0781. The minimum Gasteiger partial charge on any atom is -0.459 e. The topological polar surface area (TPSA) is 41.6 Å². The number of esters is 1. The van der Waals surface area contributed by atoms with Gasteiger partial charge in [0.2, 0.25) is 0 Å². The minimum atomic E-state index is -4.78. The Morgan fingerprint density at radius 2 is 2.05 bits per heavy atom. The number of likely N-dealkylation sites (tertiary alicyclic amines) is 1. The monoisotopic (exact) mass is 281 g/mol. The minimum absolute atomic E-state index is 0.0347. The molecule has 1 N–H and O–H groups in total. The molecule has 0 unspecified atom stereocenters. The number of hydrogen-bond acceptors (Lipinski definition) is 4. The van der Waals surface area contributed by atoms with Gasteiger partial charge in [0.15, 0.2) is 0 Å². The lowest BCUT2D eigenvalue weighted by Crippen LogP contribution is -2.41. The number of hydrogen-bond donors (Lipinski definition) is 1. The predicted octanol–water partition coefficient (Wildman–Crippen LogP) is 1.38. The van der Waals surface area contributed by atoms with Crippen LogP contribution in [0.1, 0.15) is 27.2 Å². The maximum atomic E-state index is 12.3. The van der Waals surface area contributed by atoms with Crippen molar-refractivity contribution in [3.8, 4) is 0 Å². The molecular weight excluding hydrogens is 260 g/mol. The Balaban J connectivity index is 2.24. The first-order valence-corrected chi connectivity index (χ1v) is 6.44. The highest BCUT2D eigenvalue weighted by molar-refractivity contribution is 6.58. The molecular formula is C11H21BF3N2O2-. The molecule has 0 radical (unpaired) electrons. The maximum absolute atomic E-state index is 12.3. The van der Waals surface area contributed by atoms with Crippen molar-refractivity contribution in [2.45, 2.75) is 38.8 Å². The smallest absolute Gasteiger partial charge is 0.459 e. The van der Waals surface area contributed by atoms with Gasteiger partial charge in [0.1, 0.15) is 5.60 Å². The van der Waals surface area contributed by atoms with Crippen molar-refractivity contribution in [2.24, 2.45) is 0 Å². The quantitative estimate of drug-likeness (QED) is 0.610. The van der Waals surface area contributed by atoms with Crippen LogP contribution in [0.15, 0.2) is 0 Å². The van der Waals surface area contributed by atoms with Gasteiger partial charge < -0.3 is 27.9 Å². The van der Waals surface area contributed by atoms with E-state index >= 15 is 0 Å². The average molecular weight is 281 g/mol. The molecule has 112 valence electrons. The van der Waals surface area contributed by atoms with E-state index in [4.69, 9.17) is 4.74 Å². The second-order valence-corrected chi connectivity index (χ2v) is 5.92. The molecule has 0 aromatic rings. The van der Waals surface area contributed by atoms with Crippen molar-refractivity contribution >= 4 is 12.9 Å². The van der Waals surface area contributed by atoms with E-state index in [0.717, 1.165) is 0 Å². The van der Waals surface area contributed by atoms with Crippen molar-refractivity contribution in [3.63, 3.8) is 0 Å². The van der Waals surface area contributed by atoms with Gasteiger partial charge in [-0.05, 0) is 40.2 Å². The van der Waals surface area contributed by atoms with Crippen molar-refractivity contribution in [1.29, 1.82) is 0 Å². The van der Waals surface area contributed by atoms with E-state index < -0.39 is 19.0 Å². The van der Waals surface area contributed by atoms with Crippen molar-refractivity contribution in [1.82, 2.24) is 10.2 Å². The highest BCUT2D eigenvalue weighted by atomic mass is 19.4. The van der Waals surface area contributed by atoms with Gasteiger partial charge in [0.25, 0.3) is 0 Å². The van der Waals surface area contributed by atoms with Crippen LogP contribution in [0.25, 0.3) is 0 Å². The SMILES string of the molecule is CC(C)(C)OC(=O)CN[C@@H]1CCN(C[B-](F)(F)F)C1. The van der Waals surface area contributed by atoms with Crippen LogP contribution >= 0.6 is 0 Å². The molecule has 1 rings (SSSR count). The summed E-state index contributed by atoms with van der Waals surface area (Å²) in [4.78, 5) is 12.8. The van der Waals surface area contributed by atoms with Crippen LogP contribution in [-0.2, 0) is 9.53 Å². The Hall–Kier alpha value is -0.755. The normalized spacial score (nSPS) is 21.7. The van der Waals surface area contributed by atoms with Crippen LogP contribution in [0, 0.1) is 0 Å². The van der Waals surface area contributed by atoms with Crippen LogP contribution < -0.4 is 5.32 Å². The third kappa shape index (κ3) is 7.42. The Labute approximate surface area is 111 Å². The van der Waals surface area contributed by atoms with Gasteiger partial charge in [0.05, 0.1) is 6.54 Å². The average Bonchev–Trinajstić information content (AvgIpc) is 2.57. The number of nitrogens with zero attached hydrogens (tertiary/aromatic N) is 1. The zero-order valence-electron chi connectivity index (χ0n) is 11.6. The van der Waals surface area contributed by atoms with E-state index in [0.29, 0.717) is 19.5 Å². The van der Waals surface area contributed by atoms with Crippen molar-refractivity contribution in [3.05, 3.63) is 0 Å². The first-order valence-electron chi connectivity index (χ1n) is 6.44. The molecule has 1 heterocycles. The Morgan fingerprint density at radius 3 is 2.58 bits per heavy atom. The van der Waals surface area contributed by atoms with E-state index in [9.17, 15) is 17.7 Å². The molecule has 1 fully saturated rings. The number of rotatable bonds is 5. The lowest BCUT2D eigenvalue weighted by molar-refractivity contribution is -0.153. The first kappa shape index (κ1) is 16.3.